The zero-order chi connectivity index (χ0) is 17.7. The first-order chi connectivity index (χ1) is 10.6. The number of nitrogens with zero attached hydrogens (tertiary/aromatic N) is 1. The quantitative estimate of drug-likeness (QED) is 0.635. The molecule has 1 atom stereocenters. The van der Waals surface area contributed by atoms with Gasteiger partial charge in [-0.05, 0) is 35.3 Å². The number of nitrogens with one attached hydrogen (secondary N) is 1. The Kier molecular flexibility index (Phi) is 7.05. The fourth-order valence-corrected chi connectivity index (χ4v) is 2.77. The van der Waals surface area contributed by atoms with Gasteiger partial charge in [-0.25, -0.2) is 13.6 Å². The Morgan fingerprint density at radius 3 is 2.74 bits per heavy atom. The van der Waals surface area contributed by atoms with Gasteiger partial charge < -0.3 is 5.32 Å². The third kappa shape index (κ3) is 6.90. The molecule has 1 aromatic rings. The first kappa shape index (κ1) is 19.9. The third-order valence-electron chi connectivity index (χ3n) is 3.05. The molecule has 0 aliphatic heterocycles. The summed E-state index contributed by atoms with van der Waals surface area (Å²) < 4.78 is 47.8. The highest BCUT2D eigenvalue weighted by Crippen LogP contribution is 2.19. The predicted octanol–water partition coefficient (Wildman–Crippen LogP) is 2.48. The SMILES string of the molecule is CCCCC(C)(COS(=O)(=O)O)NC(=O)c1ncc(F)cc1Br. The number of amides is 1. The van der Waals surface area contributed by atoms with Gasteiger partial charge in [0.25, 0.3) is 5.91 Å². The molecule has 1 aromatic heterocycles. The largest absolute Gasteiger partial charge is 0.397 e. The second-order valence-corrected chi connectivity index (χ2v) is 7.24. The van der Waals surface area contributed by atoms with E-state index in [1.807, 2.05) is 6.92 Å². The first-order valence-corrected chi connectivity index (χ1v) is 8.97. The van der Waals surface area contributed by atoms with Crippen molar-refractivity contribution in [1.82, 2.24) is 10.3 Å². The lowest BCUT2D eigenvalue weighted by Gasteiger charge is -2.30. The monoisotopic (exact) mass is 412 g/mol. The molecule has 0 aliphatic rings. The van der Waals surface area contributed by atoms with Gasteiger partial charge in [0.2, 0.25) is 0 Å². The summed E-state index contributed by atoms with van der Waals surface area (Å²) in [6.45, 7) is 3.09. The summed E-state index contributed by atoms with van der Waals surface area (Å²) in [7, 11) is -4.62. The van der Waals surface area contributed by atoms with E-state index in [1.165, 1.54) is 0 Å². The van der Waals surface area contributed by atoms with Crippen molar-refractivity contribution in [1.29, 1.82) is 0 Å². The minimum absolute atomic E-state index is 0.0408. The van der Waals surface area contributed by atoms with Gasteiger partial charge in [0.15, 0.2) is 0 Å². The Hall–Kier alpha value is -1.10. The van der Waals surface area contributed by atoms with Gasteiger partial charge in [-0.1, -0.05) is 19.8 Å². The van der Waals surface area contributed by atoms with Gasteiger partial charge in [0.05, 0.1) is 22.8 Å². The maximum Gasteiger partial charge on any atom is 0.397 e. The van der Waals surface area contributed by atoms with Crippen LogP contribution >= 0.6 is 15.9 Å². The zero-order valence-electron chi connectivity index (χ0n) is 12.7. The normalized spacial score (nSPS) is 14.3. The van der Waals surface area contributed by atoms with E-state index in [1.54, 1.807) is 6.92 Å². The Morgan fingerprint density at radius 2 is 2.22 bits per heavy atom. The van der Waals surface area contributed by atoms with Crippen molar-refractivity contribution >= 4 is 32.2 Å². The molecule has 7 nitrogen and oxygen atoms in total. The fourth-order valence-electron chi connectivity index (χ4n) is 1.86. The molecular weight excluding hydrogens is 395 g/mol. The van der Waals surface area contributed by atoms with Gasteiger partial charge in [-0.3, -0.25) is 9.35 Å². The fraction of sp³-hybridized carbons (Fsp3) is 0.538. The Bertz CT molecular complexity index is 670. The molecule has 0 spiro atoms. The van der Waals surface area contributed by atoms with Gasteiger partial charge in [0.1, 0.15) is 11.5 Å². The second kappa shape index (κ2) is 8.13. The van der Waals surface area contributed by atoms with E-state index in [0.29, 0.717) is 12.8 Å². The number of pyridine rings is 1. The summed E-state index contributed by atoms with van der Waals surface area (Å²) >= 11 is 3.05. The van der Waals surface area contributed by atoms with E-state index in [0.717, 1.165) is 18.7 Å². The van der Waals surface area contributed by atoms with Gasteiger partial charge >= 0.3 is 10.4 Å². The van der Waals surface area contributed by atoms with Crippen LogP contribution in [-0.2, 0) is 14.6 Å². The molecule has 0 saturated carbocycles. The molecular formula is C13H18BrFN2O5S. The smallest absolute Gasteiger partial charge is 0.343 e. The van der Waals surface area contributed by atoms with E-state index < -0.39 is 34.3 Å². The van der Waals surface area contributed by atoms with Gasteiger partial charge in [-0.15, -0.1) is 0 Å². The lowest BCUT2D eigenvalue weighted by Crippen LogP contribution is -2.50. The van der Waals surface area contributed by atoms with Crippen molar-refractivity contribution in [2.24, 2.45) is 0 Å². The molecule has 130 valence electrons. The highest BCUT2D eigenvalue weighted by atomic mass is 79.9. The van der Waals surface area contributed by atoms with Crippen molar-refractivity contribution < 1.29 is 26.3 Å². The minimum atomic E-state index is -4.62. The average Bonchev–Trinajstić information content (AvgIpc) is 2.42. The van der Waals surface area contributed by atoms with E-state index in [4.69, 9.17) is 4.55 Å². The Labute approximate surface area is 142 Å². The van der Waals surface area contributed by atoms with Crippen LogP contribution < -0.4 is 5.32 Å². The molecule has 0 aromatic carbocycles. The molecule has 2 N–H and O–H groups in total. The number of rotatable bonds is 8. The van der Waals surface area contributed by atoms with Crippen molar-refractivity contribution in [3.8, 4) is 0 Å². The minimum Gasteiger partial charge on any atom is -0.343 e. The highest BCUT2D eigenvalue weighted by Gasteiger charge is 2.30. The van der Waals surface area contributed by atoms with Crippen LogP contribution in [0.15, 0.2) is 16.7 Å². The Balaban J connectivity index is 2.92. The number of carbonyl (C=O) groups excluding carboxylic acids is 1. The summed E-state index contributed by atoms with van der Waals surface area (Å²) in [5.41, 5.74) is -1.08. The van der Waals surface area contributed by atoms with Crippen LogP contribution in [0.5, 0.6) is 0 Å². The summed E-state index contributed by atoms with van der Waals surface area (Å²) in [6.07, 6.45) is 2.83. The molecule has 1 heterocycles. The Morgan fingerprint density at radius 1 is 1.57 bits per heavy atom. The molecule has 1 unspecified atom stereocenters. The maximum absolute atomic E-state index is 13.0. The van der Waals surface area contributed by atoms with Crippen LogP contribution in [0.3, 0.4) is 0 Å². The number of hydrogen-bond acceptors (Lipinski definition) is 5. The standard InChI is InChI=1S/C13H18BrFN2O5S/c1-3-4-5-13(2,8-22-23(19,20)21)17-12(18)11-10(14)6-9(15)7-16-11/h6-7H,3-5,8H2,1-2H3,(H,17,18)(H,19,20,21). The molecule has 0 aliphatic carbocycles. The average molecular weight is 413 g/mol. The van der Waals surface area contributed by atoms with Crippen molar-refractivity contribution in [3.05, 3.63) is 28.2 Å². The number of halogens is 2. The topological polar surface area (TPSA) is 106 Å². The van der Waals surface area contributed by atoms with Crippen molar-refractivity contribution in [3.63, 3.8) is 0 Å². The summed E-state index contributed by atoms with van der Waals surface area (Å²) in [5.74, 6) is -1.22. The van der Waals surface area contributed by atoms with Crippen molar-refractivity contribution in [2.45, 2.75) is 38.6 Å². The second-order valence-electron chi connectivity index (χ2n) is 5.29. The lowest BCUT2D eigenvalue weighted by atomic mass is 9.95. The summed E-state index contributed by atoms with van der Waals surface area (Å²) in [4.78, 5) is 16.0. The summed E-state index contributed by atoms with van der Waals surface area (Å²) in [5, 5.41) is 2.62. The molecule has 0 radical (unpaired) electrons. The van der Waals surface area contributed by atoms with Crippen LogP contribution in [-0.4, -0.2) is 36.0 Å². The predicted molar refractivity (Wildman–Crippen MR) is 84.8 cm³/mol. The zero-order valence-corrected chi connectivity index (χ0v) is 15.1. The molecule has 10 heteroatoms. The molecule has 0 bridgehead atoms. The van der Waals surface area contributed by atoms with E-state index >= 15 is 0 Å². The van der Waals surface area contributed by atoms with E-state index in [2.05, 4.69) is 30.4 Å². The van der Waals surface area contributed by atoms with E-state index in [9.17, 15) is 17.6 Å². The molecule has 23 heavy (non-hydrogen) atoms. The maximum atomic E-state index is 13.0. The molecule has 0 fully saturated rings. The molecule has 1 amide bonds. The number of unbranched alkanes of at least 4 members (excludes halogenated alkanes) is 1. The van der Waals surface area contributed by atoms with Gasteiger partial charge in [0, 0.05) is 0 Å². The van der Waals surface area contributed by atoms with Crippen molar-refractivity contribution in [2.75, 3.05) is 6.61 Å². The number of hydrogen-bond donors (Lipinski definition) is 2. The number of aromatic nitrogens is 1. The summed E-state index contributed by atoms with van der Waals surface area (Å²) in [6, 6.07) is 1.10. The van der Waals surface area contributed by atoms with Crippen LogP contribution in [0.1, 0.15) is 43.6 Å². The first-order valence-electron chi connectivity index (χ1n) is 6.82. The number of carbonyl (C=O) groups is 1. The highest BCUT2D eigenvalue weighted by molar-refractivity contribution is 9.10. The van der Waals surface area contributed by atoms with Crippen LogP contribution in [0.25, 0.3) is 0 Å². The van der Waals surface area contributed by atoms with Crippen LogP contribution in [0.4, 0.5) is 4.39 Å². The molecule has 0 saturated heterocycles. The lowest BCUT2D eigenvalue weighted by molar-refractivity contribution is 0.0843. The van der Waals surface area contributed by atoms with Crippen LogP contribution in [0.2, 0.25) is 0 Å². The van der Waals surface area contributed by atoms with E-state index in [-0.39, 0.29) is 10.2 Å². The van der Waals surface area contributed by atoms with Gasteiger partial charge in [-0.2, -0.15) is 8.42 Å². The van der Waals surface area contributed by atoms with Crippen LogP contribution in [0, 0.1) is 5.82 Å². The third-order valence-corrected chi connectivity index (χ3v) is 4.07. The molecule has 1 rings (SSSR count).